The molecular formula is C28H30FN3O5. The second-order valence-electron chi connectivity index (χ2n) is 9.17. The molecule has 1 aliphatic rings. The van der Waals surface area contributed by atoms with E-state index in [9.17, 15) is 18.8 Å². The topological polar surface area (TPSA) is 92.1 Å². The zero-order valence-corrected chi connectivity index (χ0v) is 20.9. The predicted molar refractivity (Wildman–Crippen MR) is 136 cm³/mol. The summed E-state index contributed by atoms with van der Waals surface area (Å²) in [6.07, 6.45) is 5.40. The van der Waals surface area contributed by atoms with Crippen molar-refractivity contribution in [2.75, 3.05) is 25.5 Å². The van der Waals surface area contributed by atoms with Gasteiger partial charge in [0.2, 0.25) is 11.8 Å². The van der Waals surface area contributed by atoms with Crippen molar-refractivity contribution in [3.05, 3.63) is 78.0 Å². The van der Waals surface area contributed by atoms with Crippen LogP contribution < -0.4 is 10.1 Å². The van der Waals surface area contributed by atoms with E-state index in [-0.39, 0.29) is 36.6 Å². The molecule has 1 N–H and O–H groups in total. The lowest BCUT2D eigenvalue weighted by Crippen LogP contribution is -2.46. The van der Waals surface area contributed by atoms with E-state index in [1.165, 1.54) is 29.4 Å². The fraction of sp³-hybridized carbons (Fsp3) is 0.321. The summed E-state index contributed by atoms with van der Waals surface area (Å²) < 4.78 is 24.4. The third-order valence-electron chi connectivity index (χ3n) is 6.45. The van der Waals surface area contributed by atoms with Crippen LogP contribution >= 0.6 is 0 Å². The number of hydrogen-bond donors (Lipinski definition) is 1. The summed E-state index contributed by atoms with van der Waals surface area (Å²) in [6.45, 7) is 1.10. The fourth-order valence-corrected chi connectivity index (χ4v) is 4.32. The highest BCUT2D eigenvalue weighted by Crippen LogP contribution is 2.25. The number of nitrogens with one attached hydrogen (secondary N) is 1. The molecule has 4 rings (SSSR count). The van der Waals surface area contributed by atoms with Crippen LogP contribution in [0.15, 0.2) is 65.3 Å². The van der Waals surface area contributed by atoms with Gasteiger partial charge in [-0.15, -0.1) is 0 Å². The lowest BCUT2D eigenvalue weighted by Gasteiger charge is -2.28. The van der Waals surface area contributed by atoms with Crippen LogP contribution in [-0.4, -0.2) is 53.7 Å². The van der Waals surface area contributed by atoms with E-state index in [0.29, 0.717) is 22.7 Å². The number of ether oxygens (including phenoxy) is 1. The second-order valence-corrected chi connectivity index (χ2v) is 9.17. The Labute approximate surface area is 215 Å². The first-order valence-electron chi connectivity index (χ1n) is 12.2. The lowest BCUT2D eigenvalue weighted by molar-refractivity contribution is -0.132. The second kappa shape index (κ2) is 11.7. The number of likely N-dealkylation sites (N-methyl/N-ethyl adjacent to an activating group) is 1. The van der Waals surface area contributed by atoms with E-state index in [1.54, 1.807) is 55.3 Å². The molecule has 1 aromatic heterocycles. The van der Waals surface area contributed by atoms with Crippen LogP contribution in [0.4, 0.5) is 10.1 Å². The molecule has 9 heteroatoms. The minimum Gasteiger partial charge on any atom is -0.459 e. The molecule has 1 aliphatic carbocycles. The molecule has 3 aromatic rings. The van der Waals surface area contributed by atoms with Crippen molar-refractivity contribution in [3.63, 3.8) is 0 Å². The number of aryl methyl sites for hydroxylation is 1. The molecule has 1 fully saturated rings. The van der Waals surface area contributed by atoms with Gasteiger partial charge in [-0.3, -0.25) is 14.4 Å². The molecule has 1 saturated carbocycles. The molecule has 8 nitrogen and oxygen atoms in total. The number of amides is 3. The summed E-state index contributed by atoms with van der Waals surface area (Å²) >= 11 is 0. The summed E-state index contributed by atoms with van der Waals surface area (Å²) in [5, 5.41) is 2.74. The van der Waals surface area contributed by atoms with Crippen LogP contribution in [0.2, 0.25) is 0 Å². The zero-order chi connectivity index (χ0) is 26.4. The van der Waals surface area contributed by atoms with Gasteiger partial charge in [0.05, 0.1) is 6.26 Å². The maximum atomic E-state index is 13.5. The van der Waals surface area contributed by atoms with Gasteiger partial charge in [0.15, 0.2) is 5.76 Å². The minimum atomic E-state index is -0.535. The maximum absolute atomic E-state index is 13.5. The standard InChI is InChI=1S/C28H30FN3O5/c1-19-16-23(13-14-24(19)29)37-22-11-9-20(10-12-22)30-26(33)17-32(28(35)25-8-5-15-36-25)18-27(34)31(2)21-6-3-4-7-21/h5,8-16,21H,3-4,6-7,17-18H2,1-2H3,(H,30,33). The number of carbonyl (C=O) groups is 3. The van der Waals surface area contributed by atoms with E-state index < -0.39 is 11.8 Å². The number of halogens is 1. The number of anilines is 1. The SMILES string of the molecule is Cc1cc(Oc2ccc(NC(=O)CN(CC(=O)N(C)C3CCCC3)C(=O)c3ccco3)cc2)ccc1F. The summed E-state index contributed by atoms with van der Waals surface area (Å²) in [5.41, 5.74) is 0.968. The molecular weight excluding hydrogens is 477 g/mol. The van der Waals surface area contributed by atoms with E-state index in [2.05, 4.69) is 5.32 Å². The van der Waals surface area contributed by atoms with Crippen molar-refractivity contribution in [1.29, 1.82) is 0 Å². The van der Waals surface area contributed by atoms with Gasteiger partial charge >= 0.3 is 0 Å². The summed E-state index contributed by atoms with van der Waals surface area (Å²) in [7, 11) is 1.74. The maximum Gasteiger partial charge on any atom is 0.290 e. The summed E-state index contributed by atoms with van der Waals surface area (Å²) in [5.74, 6) is -0.462. The first kappa shape index (κ1) is 25.9. The Morgan fingerprint density at radius 2 is 1.73 bits per heavy atom. The highest BCUT2D eigenvalue weighted by molar-refractivity contribution is 5.99. The Morgan fingerprint density at radius 1 is 1.03 bits per heavy atom. The van der Waals surface area contributed by atoms with Crippen molar-refractivity contribution in [3.8, 4) is 11.5 Å². The van der Waals surface area contributed by atoms with Gasteiger partial charge in [-0.1, -0.05) is 12.8 Å². The zero-order valence-electron chi connectivity index (χ0n) is 20.9. The highest BCUT2D eigenvalue weighted by atomic mass is 19.1. The quantitative estimate of drug-likeness (QED) is 0.440. The van der Waals surface area contributed by atoms with Gasteiger partial charge < -0.3 is 24.3 Å². The average Bonchev–Trinajstić information content (AvgIpc) is 3.61. The molecule has 0 saturated heterocycles. The fourth-order valence-electron chi connectivity index (χ4n) is 4.32. The Morgan fingerprint density at radius 3 is 2.38 bits per heavy atom. The number of furan rings is 1. The molecule has 194 valence electrons. The smallest absolute Gasteiger partial charge is 0.290 e. The first-order chi connectivity index (χ1) is 17.8. The van der Waals surface area contributed by atoms with Crippen molar-refractivity contribution in [1.82, 2.24) is 9.80 Å². The molecule has 0 radical (unpaired) electrons. The van der Waals surface area contributed by atoms with Crippen LogP contribution in [0.25, 0.3) is 0 Å². The van der Waals surface area contributed by atoms with Crippen LogP contribution in [0, 0.1) is 12.7 Å². The monoisotopic (exact) mass is 507 g/mol. The Bertz CT molecular complexity index is 1240. The average molecular weight is 508 g/mol. The molecule has 0 atom stereocenters. The highest BCUT2D eigenvalue weighted by Gasteiger charge is 2.28. The van der Waals surface area contributed by atoms with Gasteiger partial charge in [-0.2, -0.15) is 0 Å². The van der Waals surface area contributed by atoms with E-state index in [0.717, 1.165) is 25.7 Å². The van der Waals surface area contributed by atoms with Crippen LogP contribution in [0.1, 0.15) is 41.8 Å². The third kappa shape index (κ3) is 6.75. The molecule has 37 heavy (non-hydrogen) atoms. The summed E-state index contributed by atoms with van der Waals surface area (Å²) in [6, 6.07) is 14.3. The number of nitrogens with zero attached hydrogens (tertiary/aromatic N) is 2. The van der Waals surface area contributed by atoms with Gasteiger partial charge in [0.1, 0.15) is 30.4 Å². The minimum absolute atomic E-state index is 0.0571. The number of benzene rings is 2. The summed E-state index contributed by atoms with van der Waals surface area (Å²) in [4.78, 5) is 41.6. The van der Waals surface area contributed by atoms with Crippen LogP contribution in [-0.2, 0) is 9.59 Å². The van der Waals surface area contributed by atoms with E-state index in [4.69, 9.17) is 9.15 Å². The molecule has 0 bridgehead atoms. The van der Waals surface area contributed by atoms with Crippen molar-refractivity contribution >= 4 is 23.4 Å². The van der Waals surface area contributed by atoms with Crippen LogP contribution in [0.3, 0.4) is 0 Å². The van der Waals surface area contributed by atoms with Crippen molar-refractivity contribution in [2.24, 2.45) is 0 Å². The van der Waals surface area contributed by atoms with Crippen LogP contribution in [0.5, 0.6) is 11.5 Å². The largest absolute Gasteiger partial charge is 0.459 e. The first-order valence-corrected chi connectivity index (χ1v) is 12.2. The normalized spacial score (nSPS) is 13.3. The Kier molecular flexibility index (Phi) is 8.22. The Hall–Kier alpha value is -4.14. The molecule has 1 heterocycles. The molecule has 0 unspecified atom stereocenters. The lowest BCUT2D eigenvalue weighted by atomic mass is 10.2. The van der Waals surface area contributed by atoms with E-state index >= 15 is 0 Å². The van der Waals surface area contributed by atoms with Crippen molar-refractivity contribution in [2.45, 2.75) is 38.6 Å². The van der Waals surface area contributed by atoms with Gasteiger partial charge in [-0.25, -0.2) is 4.39 Å². The molecule has 0 spiro atoms. The van der Waals surface area contributed by atoms with E-state index in [1.807, 2.05) is 0 Å². The van der Waals surface area contributed by atoms with Gasteiger partial charge in [0, 0.05) is 18.8 Å². The van der Waals surface area contributed by atoms with Crippen molar-refractivity contribution < 1.29 is 27.9 Å². The molecule has 2 aromatic carbocycles. The number of hydrogen-bond acceptors (Lipinski definition) is 5. The molecule has 0 aliphatic heterocycles. The number of carbonyl (C=O) groups excluding carboxylic acids is 3. The Balaban J connectivity index is 1.38. The molecule has 3 amide bonds. The van der Waals surface area contributed by atoms with Gasteiger partial charge in [0.25, 0.3) is 5.91 Å². The number of rotatable bonds is 9. The predicted octanol–water partition coefficient (Wildman–Crippen LogP) is 5.00. The third-order valence-corrected chi connectivity index (χ3v) is 6.45. The van der Waals surface area contributed by atoms with Gasteiger partial charge in [-0.05, 0) is 79.9 Å².